The quantitative estimate of drug-likeness (QED) is 0.264. The van der Waals surface area contributed by atoms with E-state index in [1.54, 1.807) is 18.2 Å². The van der Waals surface area contributed by atoms with Crippen molar-refractivity contribution in [2.75, 3.05) is 13.2 Å². The number of hydrogen-bond donors (Lipinski definition) is 0. The predicted octanol–water partition coefficient (Wildman–Crippen LogP) is 6.02. The molecule has 0 fully saturated rings. The van der Waals surface area contributed by atoms with E-state index in [0.29, 0.717) is 35.3 Å². The number of ether oxygens (including phenoxy) is 3. The Morgan fingerprint density at radius 2 is 1.93 bits per heavy atom. The second kappa shape index (κ2) is 9.94. The van der Waals surface area contributed by atoms with Gasteiger partial charge in [-0.3, -0.25) is 0 Å². The van der Waals surface area contributed by atoms with Gasteiger partial charge in [0.1, 0.15) is 0 Å². The zero-order valence-corrected chi connectivity index (χ0v) is 18.5. The predicted molar refractivity (Wildman–Crippen MR) is 118 cm³/mol. The van der Waals surface area contributed by atoms with Gasteiger partial charge in [0.25, 0.3) is 0 Å². The first-order chi connectivity index (χ1) is 14.0. The average molecular weight is 479 g/mol. The second-order valence-electron chi connectivity index (χ2n) is 6.31. The Hall–Kier alpha value is -2.31. The molecule has 2 aromatic rings. The van der Waals surface area contributed by atoms with Crippen LogP contribution in [0.15, 0.2) is 51.6 Å². The highest BCUT2D eigenvalue weighted by Crippen LogP contribution is 2.37. The van der Waals surface area contributed by atoms with Crippen LogP contribution < -0.4 is 9.47 Å². The lowest BCUT2D eigenvalue weighted by molar-refractivity contribution is -0.129. The highest BCUT2D eigenvalue weighted by molar-refractivity contribution is 9.10. The molecule has 3 rings (SSSR count). The molecule has 0 atom stereocenters. The number of carbonyl (C=O) groups excluding carboxylic acids is 1. The van der Waals surface area contributed by atoms with Crippen molar-refractivity contribution in [2.45, 2.75) is 26.7 Å². The molecule has 1 heterocycles. The Balaban J connectivity index is 1.90. The monoisotopic (exact) mass is 477 g/mol. The van der Waals surface area contributed by atoms with Crippen molar-refractivity contribution in [3.05, 3.63) is 62.7 Å². The second-order valence-corrected chi connectivity index (χ2v) is 7.63. The first-order valence-electron chi connectivity index (χ1n) is 9.39. The lowest BCUT2D eigenvalue weighted by Gasteiger charge is -2.14. The van der Waals surface area contributed by atoms with E-state index < -0.39 is 5.97 Å². The van der Waals surface area contributed by atoms with Crippen LogP contribution in [0.5, 0.6) is 11.5 Å². The maximum absolute atomic E-state index is 12.3. The van der Waals surface area contributed by atoms with E-state index in [1.165, 1.54) is 0 Å². The molecule has 0 aliphatic carbocycles. The van der Waals surface area contributed by atoms with Crippen molar-refractivity contribution in [3.8, 4) is 11.5 Å². The standard InChI is InChI=1S/C22H21BrClNO4/c1-3-5-10-28-20-17(24)11-14(13-19(20)27-4-2)12-18-22(26)29-21(25-18)15-6-8-16(23)9-7-15/h6-9,11-13H,3-5,10H2,1-2H3/b18-12-. The number of unbranched alkanes of at least 4 members (excludes halogenated alkanes) is 1. The van der Waals surface area contributed by atoms with Crippen LogP contribution in [0.3, 0.4) is 0 Å². The number of halogens is 2. The molecule has 0 aromatic heterocycles. The molecule has 1 aliphatic rings. The largest absolute Gasteiger partial charge is 0.490 e. The molecule has 152 valence electrons. The van der Waals surface area contributed by atoms with Crippen molar-refractivity contribution in [2.24, 2.45) is 4.99 Å². The molecule has 1 aliphatic heterocycles. The third kappa shape index (κ3) is 5.40. The summed E-state index contributed by atoms with van der Waals surface area (Å²) in [6, 6.07) is 10.9. The topological polar surface area (TPSA) is 57.1 Å². The van der Waals surface area contributed by atoms with Gasteiger partial charge < -0.3 is 14.2 Å². The van der Waals surface area contributed by atoms with E-state index >= 15 is 0 Å². The number of hydrogen-bond acceptors (Lipinski definition) is 5. The zero-order chi connectivity index (χ0) is 20.8. The van der Waals surface area contributed by atoms with E-state index in [1.807, 2.05) is 31.2 Å². The van der Waals surface area contributed by atoms with E-state index in [2.05, 4.69) is 27.8 Å². The highest BCUT2D eigenvalue weighted by atomic mass is 79.9. The van der Waals surface area contributed by atoms with Gasteiger partial charge in [-0.1, -0.05) is 40.9 Å². The van der Waals surface area contributed by atoms with Crippen LogP contribution in [0.1, 0.15) is 37.8 Å². The zero-order valence-electron chi connectivity index (χ0n) is 16.2. The van der Waals surface area contributed by atoms with Gasteiger partial charge in [0.2, 0.25) is 5.90 Å². The lowest BCUT2D eigenvalue weighted by Crippen LogP contribution is -2.05. The molecule has 0 saturated carbocycles. The minimum atomic E-state index is -0.514. The van der Waals surface area contributed by atoms with E-state index in [4.69, 9.17) is 25.8 Å². The Morgan fingerprint density at radius 3 is 2.62 bits per heavy atom. The number of cyclic esters (lactones) is 1. The summed E-state index contributed by atoms with van der Waals surface area (Å²) < 4.78 is 17.7. The molecule has 5 nitrogen and oxygen atoms in total. The fourth-order valence-electron chi connectivity index (χ4n) is 2.68. The third-order valence-electron chi connectivity index (χ3n) is 4.09. The van der Waals surface area contributed by atoms with Crippen LogP contribution in [0.4, 0.5) is 0 Å². The van der Waals surface area contributed by atoms with Gasteiger partial charge in [-0.25, -0.2) is 9.79 Å². The van der Waals surface area contributed by atoms with Crippen LogP contribution in [0.2, 0.25) is 5.02 Å². The minimum absolute atomic E-state index is 0.195. The molecule has 0 radical (unpaired) electrons. The van der Waals surface area contributed by atoms with Crippen molar-refractivity contribution < 1.29 is 19.0 Å². The molecule has 0 saturated heterocycles. The maximum atomic E-state index is 12.3. The first kappa shape index (κ1) is 21.4. The number of benzene rings is 2. The molecule has 0 N–H and O–H groups in total. The summed E-state index contributed by atoms with van der Waals surface area (Å²) in [5.41, 5.74) is 1.59. The molecule has 0 amide bonds. The Morgan fingerprint density at radius 1 is 1.17 bits per heavy atom. The normalized spacial score (nSPS) is 14.7. The van der Waals surface area contributed by atoms with E-state index in [9.17, 15) is 4.79 Å². The number of carbonyl (C=O) groups is 1. The fourth-order valence-corrected chi connectivity index (χ4v) is 3.21. The summed E-state index contributed by atoms with van der Waals surface area (Å²) in [5.74, 6) is 0.799. The van der Waals surface area contributed by atoms with Crippen LogP contribution in [-0.4, -0.2) is 25.1 Å². The fraction of sp³-hybridized carbons (Fsp3) is 0.273. The third-order valence-corrected chi connectivity index (χ3v) is 4.90. The average Bonchev–Trinajstić information content (AvgIpc) is 3.05. The van der Waals surface area contributed by atoms with Gasteiger partial charge in [-0.05, 0) is 61.4 Å². The van der Waals surface area contributed by atoms with Crippen molar-refractivity contribution in [1.82, 2.24) is 0 Å². The van der Waals surface area contributed by atoms with Crippen LogP contribution in [0.25, 0.3) is 6.08 Å². The summed E-state index contributed by atoms with van der Waals surface area (Å²) in [7, 11) is 0. The van der Waals surface area contributed by atoms with Gasteiger partial charge in [0.05, 0.1) is 18.2 Å². The summed E-state index contributed by atoms with van der Waals surface area (Å²) in [4.78, 5) is 16.6. The molecular formula is C22H21BrClNO4. The van der Waals surface area contributed by atoms with Crippen molar-refractivity contribution >= 4 is 45.5 Å². The van der Waals surface area contributed by atoms with Crippen molar-refractivity contribution in [3.63, 3.8) is 0 Å². The van der Waals surface area contributed by atoms with Crippen LogP contribution >= 0.6 is 27.5 Å². The Bertz CT molecular complexity index is 954. The van der Waals surface area contributed by atoms with Crippen LogP contribution in [-0.2, 0) is 9.53 Å². The molecule has 7 heteroatoms. The lowest BCUT2D eigenvalue weighted by atomic mass is 10.1. The minimum Gasteiger partial charge on any atom is -0.490 e. The molecule has 29 heavy (non-hydrogen) atoms. The van der Waals surface area contributed by atoms with Gasteiger partial charge in [0.15, 0.2) is 17.2 Å². The highest BCUT2D eigenvalue weighted by Gasteiger charge is 2.24. The van der Waals surface area contributed by atoms with E-state index in [0.717, 1.165) is 22.9 Å². The van der Waals surface area contributed by atoms with Crippen LogP contribution in [0, 0.1) is 0 Å². The SMILES string of the molecule is CCCCOc1c(Cl)cc(/C=C2\N=C(c3ccc(Br)cc3)OC2=O)cc1OCC. The molecule has 2 aromatic carbocycles. The summed E-state index contributed by atoms with van der Waals surface area (Å²) in [6.07, 6.45) is 3.57. The van der Waals surface area contributed by atoms with E-state index in [-0.39, 0.29) is 11.6 Å². The molecular weight excluding hydrogens is 458 g/mol. The van der Waals surface area contributed by atoms with Gasteiger partial charge in [0, 0.05) is 10.0 Å². The molecule has 0 unspecified atom stereocenters. The number of aliphatic imine (C=N–C) groups is 1. The number of nitrogens with zero attached hydrogens (tertiary/aromatic N) is 1. The Labute approximate surface area is 183 Å². The van der Waals surface area contributed by atoms with Crippen molar-refractivity contribution in [1.29, 1.82) is 0 Å². The first-order valence-corrected chi connectivity index (χ1v) is 10.6. The maximum Gasteiger partial charge on any atom is 0.363 e. The molecule has 0 spiro atoms. The van der Waals surface area contributed by atoms with Gasteiger partial charge >= 0.3 is 5.97 Å². The Kier molecular flexibility index (Phi) is 7.34. The molecule has 0 bridgehead atoms. The summed E-state index contributed by atoms with van der Waals surface area (Å²) in [5, 5.41) is 0.419. The summed E-state index contributed by atoms with van der Waals surface area (Å²) in [6.45, 7) is 5.00. The smallest absolute Gasteiger partial charge is 0.363 e. The number of rotatable bonds is 8. The van der Waals surface area contributed by atoms with Gasteiger partial charge in [-0.15, -0.1) is 0 Å². The summed E-state index contributed by atoms with van der Waals surface area (Å²) >= 11 is 9.80. The van der Waals surface area contributed by atoms with Gasteiger partial charge in [-0.2, -0.15) is 0 Å². The number of esters is 1.